The summed E-state index contributed by atoms with van der Waals surface area (Å²) >= 11 is 0. The van der Waals surface area contributed by atoms with Crippen LogP contribution in [0, 0.1) is 0 Å². The molecule has 88 valence electrons. The molecule has 1 aliphatic heterocycles. The number of hydrogen-bond donors (Lipinski definition) is 1. The summed E-state index contributed by atoms with van der Waals surface area (Å²) < 4.78 is 41.7. The Balaban J connectivity index is 1.78. The van der Waals surface area contributed by atoms with Crippen molar-refractivity contribution in [3.05, 3.63) is 0 Å². The molecule has 1 N–H and O–H groups in total. The van der Waals surface area contributed by atoms with Gasteiger partial charge in [-0.05, 0) is 32.1 Å². The molecule has 1 saturated carbocycles. The van der Waals surface area contributed by atoms with Crippen molar-refractivity contribution in [1.29, 1.82) is 0 Å². The third-order valence-corrected chi connectivity index (χ3v) is 3.35. The van der Waals surface area contributed by atoms with E-state index >= 15 is 0 Å². The number of nitrogens with one attached hydrogen (secondary N) is 1. The molecule has 0 radical (unpaired) electrons. The minimum absolute atomic E-state index is 0.0272. The van der Waals surface area contributed by atoms with Gasteiger partial charge >= 0.3 is 6.18 Å². The van der Waals surface area contributed by atoms with E-state index in [1.807, 2.05) is 0 Å². The number of ether oxygens (including phenoxy) is 1. The highest BCUT2D eigenvalue weighted by Gasteiger charge is 2.43. The summed E-state index contributed by atoms with van der Waals surface area (Å²) in [5.74, 6) is 0. The van der Waals surface area contributed by atoms with Gasteiger partial charge in [0.2, 0.25) is 0 Å². The second-order valence-electron chi connectivity index (χ2n) is 4.57. The molecular formula is C10H16F3NO. The van der Waals surface area contributed by atoms with Crippen molar-refractivity contribution in [2.24, 2.45) is 0 Å². The number of hydrogen-bond acceptors (Lipinski definition) is 2. The van der Waals surface area contributed by atoms with E-state index in [1.54, 1.807) is 0 Å². The Morgan fingerprint density at radius 1 is 1.33 bits per heavy atom. The second-order valence-corrected chi connectivity index (χ2v) is 4.57. The van der Waals surface area contributed by atoms with Crippen LogP contribution in [0.2, 0.25) is 0 Å². The standard InChI is InChI=1S/C10H16F3NO/c11-10(12,13)7-14-8-2-5-15-9(6-8)3-1-4-9/h8,14H,1-7H2. The minimum atomic E-state index is -4.11. The third kappa shape index (κ3) is 2.84. The van der Waals surface area contributed by atoms with Gasteiger partial charge in [-0.2, -0.15) is 13.2 Å². The van der Waals surface area contributed by atoms with Gasteiger partial charge in [0, 0.05) is 12.6 Å². The lowest BCUT2D eigenvalue weighted by atomic mass is 9.74. The van der Waals surface area contributed by atoms with Crippen LogP contribution in [-0.4, -0.2) is 31.0 Å². The number of halogens is 3. The van der Waals surface area contributed by atoms with Gasteiger partial charge < -0.3 is 10.1 Å². The van der Waals surface area contributed by atoms with Gasteiger partial charge in [0.25, 0.3) is 0 Å². The maximum Gasteiger partial charge on any atom is 0.401 e. The first kappa shape index (κ1) is 11.2. The fourth-order valence-corrected chi connectivity index (χ4v) is 2.38. The zero-order valence-electron chi connectivity index (χ0n) is 8.57. The van der Waals surface area contributed by atoms with E-state index in [1.165, 1.54) is 0 Å². The second kappa shape index (κ2) is 3.94. The molecule has 1 unspecified atom stereocenters. The molecule has 0 bridgehead atoms. The van der Waals surface area contributed by atoms with Gasteiger partial charge in [-0.15, -0.1) is 0 Å². The van der Waals surface area contributed by atoms with Crippen LogP contribution >= 0.6 is 0 Å². The summed E-state index contributed by atoms with van der Waals surface area (Å²) in [5, 5.41) is 2.58. The fraction of sp³-hybridized carbons (Fsp3) is 1.00. The van der Waals surface area contributed by atoms with E-state index in [0.717, 1.165) is 25.7 Å². The molecule has 1 spiro atoms. The van der Waals surface area contributed by atoms with Crippen LogP contribution < -0.4 is 5.32 Å². The summed E-state index contributed by atoms with van der Waals surface area (Å²) in [4.78, 5) is 0. The van der Waals surface area contributed by atoms with Crippen molar-refractivity contribution in [2.75, 3.05) is 13.2 Å². The summed E-state index contributed by atoms with van der Waals surface area (Å²) in [7, 11) is 0. The maximum absolute atomic E-state index is 12.0. The fourth-order valence-electron chi connectivity index (χ4n) is 2.38. The molecule has 1 saturated heterocycles. The first-order valence-corrected chi connectivity index (χ1v) is 5.43. The van der Waals surface area contributed by atoms with Crippen molar-refractivity contribution in [2.45, 2.75) is 49.9 Å². The van der Waals surface area contributed by atoms with Crippen molar-refractivity contribution < 1.29 is 17.9 Å². The molecule has 2 fully saturated rings. The van der Waals surface area contributed by atoms with Gasteiger partial charge in [-0.1, -0.05) is 0 Å². The normalized spacial score (nSPS) is 30.2. The molecule has 15 heavy (non-hydrogen) atoms. The van der Waals surface area contributed by atoms with E-state index < -0.39 is 12.7 Å². The molecule has 0 aromatic carbocycles. The van der Waals surface area contributed by atoms with Crippen LogP contribution in [0.5, 0.6) is 0 Å². The molecule has 2 nitrogen and oxygen atoms in total. The summed E-state index contributed by atoms with van der Waals surface area (Å²) in [5.41, 5.74) is -0.0818. The van der Waals surface area contributed by atoms with E-state index in [-0.39, 0.29) is 11.6 Å². The van der Waals surface area contributed by atoms with Crippen LogP contribution in [0.4, 0.5) is 13.2 Å². The Morgan fingerprint density at radius 3 is 2.60 bits per heavy atom. The lowest BCUT2D eigenvalue weighted by Crippen LogP contribution is -2.52. The Bertz CT molecular complexity index is 225. The van der Waals surface area contributed by atoms with E-state index in [9.17, 15) is 13.2 Å². The highest BCUT2D eigenvalue weighted by Crippen LogP contribution is 2.42. The van der Waals surface area contributed by atoms with Crippen LogP contribution in [0.1, 0.15) is 32.1 Å². The third-order valence-electron chi connectivity index (χ3n) is 3.35. The molecule has 0 aromatic heterocycles. The molecule has 0 aromatic rings. The first-order chi connectivity index (χ1) is 6.99. The summed E-state index contributed by atoms with van der Waals surface area (Å²) in [6.07, 6.45) is 0.492. The van der Waals surface area contributed by atoms with E-state index in [2.05, 4.69) is 5.32 Å². The smallest absolute Gasteiger partial charge is 0.375 e. The largest absolute Gasteiger partial charge is 0.401 e. The van der Waals surface area contributed by atoms with Crippen LogP contribution in [0.15, 0.2) is 0 Å². The van der Waals surface area contributed by atoms with Crippen molar-refractivity contribution in [1.82, 2.24) is 5.32 Å². The monoisotopic (exact) mass is 223 g/mol. The Labute approximate surface area is 87.2 Å². The molecule has 1 aliphatic carbocycles. The molecule has 1 atom stereocenters. The highest BCUT2D eigenvalue weighted by atomic mass is 19.4. The molecule has 5 heteroatoms. The van der Waals surface area contributed by atoms with Crippen LogP contribution in [0.25, 0.3) is 0 Å². The summed E-state index contributed by atoms with van der Waals surface area (Å²) in [6.45, 7) is -0.288. The number of alkyl halides is 3. The predicted octanol–water partition coefficient (Wildman–Crippen LogP) is 2.24. The van der Waals surface area contributed by atoms with E-state index in [0.29, 0.717) is 13.0 Å². The van der Waals surface area contributed by atoms with Gasteiger partial charge in [-0.3, -0.25) is 0 Å². The lowest BCUT2D eigenvalue weighted by Gasteiger charge is -2.47. The Morgan fingerprint density at radius 2 is 2.07 bits per heavy atom. The maximum atomic E-state index is 12.0. The van der Waals surface area contributed by atoms with Gasteiger partial charge in [-0.25, -0.2) is 0 Å². The lowest BCUT2D eigenvalue weighted by molar-refractivity contribution is -0.148. The molecular weight excluding hydrogens is 207 g/mol. The van der Waals surface area contributed by atoms with Crippen LogP contribution in [0.3, 0.4) is 0 Å². The molecule has 1 heterocycles. The highest BCUT2D eigenvalue weighted by molar-refractivity contribution is 4.96. The molecule has 0 amide bonds. The zero-order valence-corrected chi connectivity index (χ0v) is 8.57. The Kier molecular flexibility index (Phi) is 2.94. The minimum Gasteiger partial charge on any atom is -0.375 e. The quantitative estimate of drug-likeness (QED) is 0.775. The van der Waals surface area contributed by atoms with Gasteiger partial charge in [0.05, 0.1) is 12.1 Å². The average molecular weight is 223 g/mol. The SMILES string of the molecule is FC(F)(F)CNC1CCOC2(CCC2)C1. The van der Waals surface area contributed by atoms with Crippen molar-refractivity contribution in [3.8, 4) is 0 Å². The Hall–Kier alpha value is -0.290. The molecule has 2 rings (SSSR count). The average Bonchev–Trinajstić information content (AvgIpc) is 2.12. The van der Waals surface area contributed by atoms with Crippen LogP contribution in [-0.2, 0) is 4.74 Å². The predicted molar refractivity (Wildman–Crippen MR) is 49.6 cm³/mol. The molecule has 2 aliphatic rings. The topological polar surface area (TPSA) is 21.3 Å². The van der Waals surface area contributed by atoms with E-state index in [4.69, 9.17) is 4.74 Å². The first-order valence-electron chi connectivity index (χ1n) is 5.43. The zero-order chi connectivity index (χ0) is 10.9. The number of rotatable bonds is 2. The van der Waals surface area contributed by atoms with Gasteiger partial charge in [0.1, 0.15) is 0 Å². The van der Waals surface area contributed by atoms with Gasteiger partial charge in [0.15, 0.2) is 0 Å². The summed E-state index contributed by atoms with van der Waals surface area (Å²) in [6, 6.07) is -0.0272. The van der Waals surface area contributed by atoms with Crippen molar-refractivity contribution in [3.63, 3.8) is 0 Å². The van der Waals surface area contributed by atoms with Crippen molar-refractivity contribution >= 4 is 0 Å².